The maximum absolute atomic E-state index is 12.8. The molecule has 434 valence electrons. The van der Waals surface area contributed by atoms with Crippen LogP contribution in [0, 0.1) is 0 Å². The molecule has 0 rings (SSSR count). The summed E-state index contributed by atoms with van der Waals surface area (Å²) in [5.41, 5.74) is 0. The van der Waals surface area contributed by atoms with Crippen LogP contribution < -0.4 is 0 Å². The Morgan fingerprint density at radius 2 is 0.486 bits per heavy atom. The van der Waals surface area contributed by atoms with Gasteiger partial charge in [0.05, 0.1) is 0 Å². The maximum atomic E-state index is 12.8. The molecule has 1 unspecified atom stereocenters. The number of hydrogen-bond acceptors (Lipinski definition) is 6. The molecule has 0 aliphatic rings. The zero-order valence-corrected chi connectivity index (χ0v) is 49.9. The van der Waals surface area contributed by atoms with Gasteiger partial charge in [-0.2, -0.15) is 0 Å². The summed E-state index contributed by atoms with van der Waals surface area (Å²) in [5, 5.41) is 0. The van der Waals surface area contributed by atoms with Crippen LogP contribution >= 0.6 is 0 Å². The number of ether oxygens (including phenoxy) is 3. The predicted molar refractivity (Wildman–Crippen MR) is 321 cm³/mol. The van der Waals surface area contributed by atoms with Gasteiger partial charge in [-0.05, 0) is 77.0 Å². The Balaban J connectivity index is 3.97. The fourth-order valence-corrected chi connectivity index (χ4v) is 9.88. The molecular weight excluding hydrogens is 913 g/mol. The molecule has 1 atom stereocenters. The van der Waals surface area contributed by atoms with Crippen molar-refractivity contribution in [2.75, 3.05) is 13.2 Å². The second-order valence-electron chi connectivity index (χ2n) is 22.4. The van der Waals surface area contributed by atoms with Crippen molar-refractivity contribution in [3.63, 3.8) is 0 Å². The second-order valence-corrected chi connectivity index (χ2v) is 22.4. The average Bonchev–Trinajstić information content (AvgIpc) is 3.40. The van der Waals surface area contributed by atoms with Crippen molar-refractivity contribution in [3.8, 4) is 0 Å². The number of carbonyl (C=O) groups is 3. The SMILES string of the molecule is CCCCC/C=C\C/C=C\CCCCCCCCCCCC(=O)OC(COC(=O)CCCCCCCC)COC(=O)CCCCCCCCCCCCCCCCCCCCC/C=C\CCCCCCCCCC. The van der Waals surface area contributed by atoms with Gasteiger partial charge in [0.25, 0.3) is 0 Å². The zero-order valence-electron chi connectivity index (χ0n) is 49.9. The number of rotatable bonds is 61. The Kier molecular flexibility index (Phi) is 61.1. The van der Waals surface area contributed by atoms with Crippen LogP contribution in [0.5, 0.6) is 0 Å². The predicted octanol–water partition coefficient (Wildman–Crippen LogP) is 22.4. The van der Waals surface area contributed by atoms with Gasteiger partial charge in [-0.15, -0.1) is 0 Å². The lowest BCUT2D eigenvalue weighted by Gasteiger charge is -2.18. The molecule has 0 saturated carbocycles. The third-order valence-corrected chi connectivity index (χ3v) is 14.9. The summed E-state index contributed by atoms with van der Waals surface area (Å²) in [6, 6.07) is 0. The van der Waals surface area contributed by atoms with E-state index in [2.05, 4.69) is 57.2 Å². The van der Waals surface area contributed by atoms with Crippen molar-refractivity contribution in [2.24, 2.45) is 0 Å². The van der Waals surface area contributed by atoms with Crippen LogP contribution in [0.2, 0.25) is 0 Å². The molecule has 0 bridgehead atoms. The number of hydrogen-bond donors (Lipinski definition) is 0. The molecule has 0 aromatic heterocycles. The Labute approximate surface area is 461 Å². The lowest BCUT2D eigenvalue weighted by atomic mass is 10.0. The van der Waals surface area contributed by atoms with Gasteiger partial charge in [0.15, 0.2) is 6.10 Å². The standard InChI is InChI=1S/C68H126O6/c1-4-7-10-13-16-18-20-22-24-26-28-29-30-31-32-33-34-35-36-37-38-39-41-42-44-46-48-50-52-55-58-61-67(70)73-64-65(63-72-66(69)60-57-54-15-12-9-6-3)74-68(71)62-59-56-53-51-49-47-45-43-40-27-25-23-21-19-17-14-11-8-5-2/h17,19,23,25-26,28,65H,4-16,18,20-22,24,27,29-64H2,1-3H3/b19-17-,25-23-,28-26-. The molecule has 0 fully saturated rings. The van der Waals surface area contributed by atoms with Gasteiger partial charge < -0.3 is 14.2 Å². The topological polar surface area (TPSA) is 78.9 Å². The minimum absolute atomic E-state index is 0.0697. The molecule has 0 amide bonds. The molecule has 6 heteroatoms. The highest BCUT2D eigenvalue weighted by Crippen LogP contribution is 2.18. The highest BCUT2D eigenvalue weighted by atomic mass is 16.6. The molecule has 0 aliphatic carbocycles. The van der Waals surface area contributed by atoms with Crippen molar-refractivity contribution < 1.29 is 28.6 Å². The van der Waals surface area contributed by atoms with E-state index < -0.39 is 6.10 Å². The van der Waals surface area contributed by atoms with Crippen molar-refractivity contribution in [2.45, 2.75) is 367 Å². The summed E-state index contributed by atoms with van der Waals surface area (Å²) in [6.45, 7) is 6.60. The molecule has 0 aromatic rings. The van der Waals surface area contributed by atoms with Crippen LogP contribution in [0.1, 0.15) is 361 Å². The summed E-state index contributed by atoms with van der Waals surface area (Å²) in [6.07, 6.45) is 77.8. The third kappa shape index (κ3) is 60.5. The highest BCUT2D eigenvalue weighted by molar-refractivity contribution is 5.71. The van der Waals surface area contributed by atoms with Crippen LogP contribution in [0.15, 0.2) is 36.5 Å². The first-order valence-electron chi connectivity index (χ1n) is 33.0. The minimum Gasteiger partial charge on any atom is -0.462 e. The normalized spacial score (nSPS) is 12.2. The van der Waals surface area contributed by atoms with Crippen LogP contribution in [0.4, 0.5) is 0 Å². The van der Waals surface area contributed by atoms with Gasteiger partial charge in [-0.25, -0.2) is 0 Å². The van der Waals surface area contributed by atoms with Gasteiger partial charge in [0.2, 0.25) is 0 Å². The number of allylic oxidation sites excluding steroid dienone is 6. The number of esters is 3. The van der Waals surface area contributed by atoms with E-state index in [1.165, 1.54) is 257 Å². The summed E-state index contributed by atoms with van der Waals surface area (Å²) >= 11 is 0. The number of carbonyl (C=O) groups excluding carboxylic acids is 3. The molecule has 74 heavy (non-hydrogen) atoms. The average molecular weight is 1040 g/mol. The molecule has 0 heterocycles. The molecule has 0 aromatic carbocycles. The van der Waals surface area contributed by atoms with Gasteiger partial charge in [-0.1, -0.05) is 301 Å². The Bertz CT molecular complexity index is 1240. The van der Waals surface area contributed by atoms with Crippen molar-refractivity contribution in [3.05, 3.63) is 36.5 Å². The molecule has 0 aliphatic heterocycles. The molecular formula is C68H126O6. The van der Waals surface area contributed by atoms with Crippen LogP contribution in [0.25, 0.3) is 0 Å². The summed E-state index contributed by atoms with van der Waals surface area (Å²) in [4.78, 5) is 38.0. The van der Waals surface area contributed by atoms with E-state index in [0.717, 1.165) is 64.2 Å². The fraction of sp³-hybridized carbons (Fsp3) is 0.868. The molecule has 6 nitrogen and oxygen atoms in total. The molecule has 0 saturated heterocycles. The lowest BCUT2D eigenvalue weighted by molar-refractivity contribution is -0.167. The Morgan fingerprint density at radius 3 is 0.784 bits per heavy atom. The fourth-order valence-electron chi connectivity index (χ4n) is 9.88. The van der Waals surface area contributed by atoms with E-state index in [1.807, 2.05) is 0 Å². The van der Waals surface area contributed by atoms with E-state index in [4.69, 9.17) is 14.2 Å². The summed E-state index contributed by atoms with van der Waals surface area (Å²) in [7, 11) is 0. The van der Waals surface area contributed by atoms with E-state index in [-0.39, 0.29) is 31.1 Å². The molecule has 0 N–H and O–H groups in total. The monoisotopic (exact) mass is 1040 g/mol. The van der Waals surface area contributed by atoms with Crippen LogP contribution in [-0.4, -0.2) is 37.2 Å². The minimum atomic E-state index is -0.769. The second kappa shape index (κ2) is 63.2. The van der Waals surface area contributed by atoms with Crippen molar-refractivity contribution in [1.82, 2.24) is 0 Å². The van der Waals surface area contributed by atoms with E-state index in [1.54, 1.807) is 0 Å². The Morgan fingerprint density at radius 1 is 0.270 bits per heavy atom. The number of unbranched alkanes of at least 4 members (excludes halogenated alkanes) is 44. The molecule has 0 radical (unpaired) electrons. The van der Waals surface area contributed by atoms with Crippen molar-refractivity contribution in [1.29, 1.82) is 0 Å². The maximum Gasteiger partial charge on any atom is 0.306 e. The highest BCUT2D eigenvalue weighted by Gasteiger charge is 2.19. The largest absolute Gasteiger partial charge is 0.462 e. The smallest absolute Gasteiger partial charge is 0.306 e. The first kappa shape index (κ1) is 71.6. The third-order valence-electron chi connectivity index (χ3n) is 14.9. The first-order chi connectivity index (χ1) is 36.5. The van der Waals surface area contributed by atoms with Crippen LogP contribution in [-0.2, 0) is 28.6 Å². The van der Waals surface area contributed by atoms with E-state index in [9.17, 15) is 14.4 Å². The Hall–Kier alpha value is -2.37. The van der Waals surface area contributed by atoms with Gasteiger partial charge in [-0.3, -0.25) is 14.4 Å². The van der Waals surface area contributed by atoms with Crippen molar-refractivity contribution >= 4 is 17.9 Å². The van der Waals surface area contributed by atoms with Gasteiger partial charge >= 0.3 is 17.9 Å². The van der Waals surface area contributed by atoms with E-state index in [0.29, 0.717) is 19.3 Å². The van der Waals surface area contributed by atoms with E-state index >= 15 is 0 Å². The summed E-state index contributed by atoms with van der Waals surface area (Å²) in [5.74, 6) is -0.864. The summed E-state index contributed by atoms with van der Waals surface area (Å²) < 4.78 is 16.8. The van der Waals surface area contributed by atoms with Gasteiger partial charge in [0.1, 0.15) is 13.2 Å². The zero-order chi connectivity index (χ0) is 53.6. The lowest BCUT2D eigenvalue weighted by Crippen LogP contribution is -2.30. The van der Waals surface area contributed by atoms with Gasteiger partial charge in [0, 0.05) is 19.3 Å². The molecule has 0 spiro atoms. The van der Waals surface area contributed by atoms with Crippen LogP contribution in [0.3, 0.4) is 0 Å². The first-order valence-corrected chi connectivity index (χ1v) is 33.0. The quantitative estimate of drug-likeness (QED) is 0.0261.